The molecule has 6 unspecified atom stereocenters. The molecular formula is C17H39ClN2O8S. The lowest BCUT2D eigenvalue weighted by atomic mass is 9.96. The van der Waals surface area contributed by atoms with Gasteiger partial charge in [-0.1, -0.05) is 20.8 Å². The fourth-order valence-corrected chi connectivity index (χ4v) is 2.63. The van der Waals surface area contributed by atoms with Gasteiger partial charge in [0.15, 0.2) is 6.29 Å². The van der Waals surface area contributed by atoms with Crippen molar-refractivity contribution in [1.29, 1.82) is 0 Å². The molecule has 178 valence electrons. The largest absolute Gasteiger partial charge is 0.481 e. The number of carboxylic acid groups (broad SMARTS) is 1. The zero-order valence-electron chi connectivity index (χ0n) is 18.0. The van der Waals surface area contributed by atoms with Crippen LogP contribution in [0.5, 0.6) is 0 Å². The Bertz CT molecular complexity index is 524. The number of nitrogens with one attached hydrogen (secondary N) is 2. The summed E-state index contributed by atoms with van der Waals surface area (Å²) in [5, 5.41) is 42.1. The third kappa shape index (κ3) is 15.0. The lowest BCUT2D eigenvalue weighted by Gasteiger charge is -2.40. The van der Waals surface area contributed by atoms with E-state index < -0.39 is 46.5 Å². The molecule has 0 aromatic heterocycles. The molecule has 1 rings (SSSR count). The molecule has 10 nitrogen and oxygen atoms in total. The maximum absolute atomic E-state index is 10.4. The van der Waals surface area contributed by atoms with Crippen LogP contribution in [0.1, 0.15) is 33.6 Å². The van der Waals surface area contributed by atoms with Gasteiger partial charge in [0.05, 0.1) is 23.8 Å². The number of aliphatic carboxylic acids is 1. The minimum absolute atomic E-state index is 0. The lowest BCUT2D eigenvalue weighted by Crippen LogP contribution is -2.61. The average Bonchev–Trinajstić information content (AvgIpc) is 2.63. The van der Waals surface area contributed by atoms with Gasteiger partial charge in [-0.25, -0.2) is 8.42 Å². The number of aliphatic hydroxyl groups excluding tert-OH is 3. The molecule has 6 atom stereocenters. The van der Waals surface area contributed by atoms with Crippen molar-refractivity contribution in [2.24, 2.45) is 5.92 Å². The molecule has 0 aromatic rings. The fraction of sp³-hybridized carbons (Fsp3) is 0.941. The number of halogens is 1. The summed E-state index contributed by atoms with van der Waals surface area (Å²) in [6.07, 6.45) is -0.974. The Morgan fingerprint density at radius 2 is 1.66 bits per heavy atom. The standard InChI is InChI=1S/C8H17NO4.C5H10O2.C4H11NO2S.ClH/c1-3-4-6(10)7(11)5(9-2)8(12)13-4;1-3-4(2)5(6)7;1-5-3-4-8(2,6)7;/h4-12H,3H2,1-2H3;4H,3H2,1-2H3,(H,6,7);5H,3-4H2,1-2H3;1H. The monoisotopic (exact) mass is 466 g/mol. The van der Waals surface area contributed by atoms with Crippen LogP contribution in [0.4, 0.5) is 0 Å². The summed E-state index contributed by atoms with van der Waals surface area (Å²) in [5.74, 6) is -0.661. The highest BCUT2D eigenvalue weighted by Gasteiger charge is 2.42. The molecule has 1 aliphatic heterocycles. The van der Waals surface area contributed by atoms with Crippen LogP contribution in [-0.2, 0) is 19.4 Å². The first-order valence-corrected chi connectivity index (χ1v) is 11.3. The maximum atomic E-state index is 10.4. The third-order valence-electron chi connectivity index (χ3n) is 4.21. The van der Waals surface area contributed by atoms with Crippen molar-refractivity contribution in [3.05, 3.63) is 0 Å². The Morgan fingerprint density at radius 3 is 1.90 bits per heavy atom. The van der Waals surface area contributed by atoms with Gasteiger partial charge in [0.2, 0.25) is 0 Å². The van der Waals surface area contributed by atoms with Crippen molar-refractivity contribution in [2.75, 3.05) is 32.6 Å². The van der Waals surface area contributed by atoms with E-state index in [0.29, 0.717) is 13.0 Å². The minimum atomic E-state index is -2.75. The molecule has 1 fully saturated rings. The van der Waals surface area contributed by atoms with Crippen molar-refractivity contribution in [3.63, 3.8) is 0 Å². The van der Waals surface area contributed by atoms with Crippen molar-refractivity contribution >= 4 is 28.2 Å². The summed E-state index contributed by atoms with van der Waals surface area (Å²) in [5.41, 5.74) is 0. The number of ether oxygens (including phenoxy) is 1. The highest BCUT2D eigenvalue weighted by molar-refractivity contribution is 7.90. The summed E-state index contributed by atoms with van der Waals surface area (Å²) in [4.78, 5) is 9.93. The van der Waals surface area contributed by atoms with Crippen LogP contribution in [0.15, 0.2) is 0 Å². The van der Waals surface area contributed by atoms with Gasteiger partial charge in [0.25, 0.3) is 0 Å². The van der Waals surface area contributed by atoms with Crippen molar-refractivity contribution in [1.82, 2.24) is 10.6 Å². The van der Waals surface area contributed by atoms with E-state index >= 15 is 0 Å². The first kappa shape index (κ1) is 33.1. The Morgan fingerprint density at radius 1 is 1.14 bits per heavy atom. The van der Waals surface area contributed by atoms with Crippen LogP contribution in [-0.4, -0.2) is 98.1 Å². The highest BCUT2D eigenvalue weighted by atomic mass is 35.5. The van der Waals surface area contributed by atoms with E-state index in [1.807, 2.05) is 13.8 Å². The quantitative estimate of drug-likeness (QED) is 0.280. The smallest absolute Gasteiger partial charge is 0.306 e. The molecule has 12 heteroatoms. The maximum Gasteiger partial charge on any atom is 0.306 e. The van der Waals surface area contributed by atoms with Gasteiger partial charge >= 0.3 is 5.97 Å². The summed E-state index contributed by atoms with van der Waals surface area (Å²) < 4.78 is 25.8. The first-order chi connectivity index (χ1) is 12.9. The molecule has 0 radical (unpaired) electrons. The molecule has 0 amide bonds. The summed E-state index contributed by atoms with van der Waals surface area (Å²) in [7, 11) is 0.575. The zero-order chi connectivity index (χ0) is 22.5. The molecule has 0 aromatic carbocycles. The number of rotatable bonds is 7. The highest BCUT2D eigenvalue weighted by Crippen LogP contribution is 2.21. The molecule has 0 spiro atoms. The van der Waals surface area contributed by atoms with Crippen LogP contribution in [0.25, 0.3) is 0 Å². The van der Waals surface area contributed by atoms with Gasteiger partial charge in [0, 0.05) is 12.8 Å². The van der Waals surface area contributed by atoms with Crippen LogP contribution in [0, 0.1) is 5.92 Å². The van der Waals surface area contributed by atoms with Crippen molar-refractivity contribution in [2.45, 2.75) is 64.3 Å². The molecule has 0 bridgehead atoms. The van der Waals surface area contributed by atoms with E-state index in [9.17, 15) is 28.5 Å². The average molecular weight is 467 g/mol. The van der Waals surface area contributed by atoms with E-state index in [1.165, 1.54) is 6.26 Å². The SMILES string of the molecule is CCC(C)C(=O)O.CCC1OC(O)C(NC)C(O)C1O.CNCCS(C)(=O)=O.Cl. The topological polar surface area (TPSA) is 165 Å². The Hall–Kier alpha value is -0.530. The summed E-state index contributed by atoms with van der Waals surface area (Å²) in [6.45, 7) is 5.92. The second-order valence-electron chi connectivity index (χ2n) is 6.65. The van der Waals surface area contributed by atoms with E-state index in [0.717, 1.165) is 6.42 Å². The number of hydrogen-bond donors (Lipinski definition) is 6. The molecule has 1 heterocycles. The lowest BCUT2D eigenvalue weighted by molar-refractivity contribution is -0.247. The Balaban J connectivity index is -0.000000369. The zero-order valence-corrected chi connectivity index (χ0v) is 19.7. The molecular weight excluding hydrogens is 428 g/mol. The van der Waals surface area contributed by atoms with E-state index in [2.05, 4.69) is 10.6 Å². The van der Waals surface area contributed by atoms with Crippen LogP contribution in [0.2, 0.25) is 0 Å². The Labute approximate surface area is 180 Å². The van der Waals surface area contributed by atoms with Crippen LogP contribution in [0.3, 0.4) is 0 Å². The molecule has 1 aliphatic rings. The predicted molar refractivity (Wildman–Crippen MR) is 114 cm³/mol. The minimum Gasteiger partial charge on any atom is -0.481 e. The summed E-state index contributed by atoms with van der Waals surface area (Å²) in [6, 6.07) is -0.627. The van der Waals surface area contributed by atoms with Crippen LogP contribution >= 0.6 is 12.4 Å². The van der Waals surface area contributed by atoms with Crippen molar-refractivity contribution in [3.8, 4) is 0 Å². The number of carboxylic acids is 1. The first-order valence-electron chi connectivity index (χ1n) is 9.28. The third-order valence-corrected chi connectivity index (χ3v) is 5.16. The van der Waals surface area contributed by atoms with E-state index in [4.69, 9.17) is 9.84 Å². The van der Waals surface area contributed by atoms with Crippen LogP contribution < -0.4 is 10.6 Å². The fourth-order valence-electron chi connectivity index (χ4n) is 2.06. The predicted octanol–water partition coefficient (Wildman–Crippen LogP) is -0.787. The number of likely N-dealkylation sites (N-methyl/N-ethyl adjacent to an activating group) is 1. The molecule has 0 aliphatic carbocycles. The second kappa shape index (κ2) is 17.2. The second-order valence-corrected chi connectivity index (χ2v) is 8.91. The molecule has 6 N–H and O–H groups in total. The van der Waals surface area contributed by atoms with Crippen molar-refractivity contribution < 1.29 is 38.4 Å². The van der Waals surface area contributed by atoms with Gasteiger partial charge < -0.3 is 35.8 Å². The van der Waals surface area contributed by atoms with Gasteiger partial charge in [-0.15, -0.1) is 12.4 Å². The van der Waals surface area contributed by atoms with Gasteiger partial charge in [0.1, 0.15) is 22.0 Å². The molecule has 1 saturated heterocycles. The van der Waals surface area contributed by atoms with Gasteiger partial charge in [-0.2, -0.15) is 0 Å². The van der Waals surface area contributed by atoms with Gasteiger partial charge in [-0.3, -0.25) is 4.79 Å². The number of aliphatic hydroxyl groups is 3. The van der Waals surface area contributed by atoms with Gasteiger partial charge in [-0.05, 0) is 26.9 Å². The number of carbonyl (C=O) groups is 1. The molecule has 29 heavy (non-hydrogen) atoms. The Kier molecular flexibility index (Phi) is 19.6. The molecule has 0 saturated carbocycles. The normalized spacial score (nSPS) is 27.3. The number of sulfone groups is 1. The summed E-state index contributed by atoms with van der Waals surface area (Å²) >= 11 is 0. The van der Waals surface area contributed by atoms with E-state index in [1.54, 1.807) is 21.0 Å². The van der Waals surface area contributed by atoms with E-state index in [-0.39, 0.29) is 24.1 Å². The number of hydrogen-bond acceptors (Lipinski definition) is 9.